The van der Waals surface area contributed by atoms with Crippen molar-refractivity contribution in [2.45, 2.75) is 6.18 Å². The number of nitro groups is 1. The van der Waals surface area contributed by atoms with Crippen molar-refractivity contribution in [3.8, 4) is 0 Å². The fourth-order valence-corrected chi connectivity index (χ4v) is 2.88. The van der Waals surface area contributed by atoms with Crippen molar-refractivity contribution in [3.63, 3.8) is 0 Å². The summed E-state index contributed by atoms with van der Waals surface area (Å²) in [6.45, 7) is 2.18. The second-order valence-electron chi connectivity index (χ2n) is 5.68. The molecule has 1 saturated heterocycles. The van der Waals surface area contributed by atoms with Crippen molar-refractivity contribution in [2.24, 2.45) is 0 Å². The van der Waals surface area contributed by atoms with Crippen LogP contribution in [-0.2, 0) is 6.18 Å². The lowest BCUT2D eigenvalue weighted by Crippen LogP contribution is -2.48. The van der Waals surface area contributed by atoms with Gasteiger partial charge in [-0.25, -0.2) is 4.98 Å². The lowest BCUT2D eigenvalue weighted by Gasteiger charge is -2.32. The van der Waals surface area contributed by atoms with E-state index in [1.807, 2.05) is 24.4 Å². The molecule has 9 heteroatoms. The molecule has 2 heterocycles. The van der Waals surface area contributed by atoms with Crippen molar-refractivity contribution in [2.75, 3.05) is 36.0 Å². The van der Waals surface area contributed by atoms with E-state index in [1.54, 1.807) is 4.90 Å². The van der Waals surface area contributed by atoms with E-state index in [0.29, 0.717) is 32.2 Å². The number of piperazine rings is 1. The molecule has 0 spiro atoms. The lowest BCUT2D eigenvalue weighted by atomic mass is 10.1. The largest absolute Gasteiger partial charge is 0.416 e. The topological polar surface area (TPSA) is 63.8 Å². The number of halogens is 3. The molecule has 2 aromatic rings. The van der Waals surface area contributed by atoms with Gasteiger partial charge >= 0.3 is 6.18 Å². The number of hydrogen-bond donors (Lipinski definition) is 0. The first-order valence-corrected chi connectivity index (χ1v) is 7.68. The molecular weight excluding hydrogens is 337 g/mol. The zero-order valence-corrected chi connectivity index (χ0v) is 13.2. The van der Waals surface area contributed by atoms with Crippen LogP contribution in [0.5, 0.6) is 0 Å². The first-order valence-electron chi connectivity index (χ1n) is 7.68. The second-order valence-corrected chi connectivity index (χ2v) is 5.68. The maximum absolute atomic E-state index is 12.8. The van der Waals surface area contributed by atoms with Crippen LogP contribution in [-0.4, -0.2) is 31.1 Å². The molecule has 0 aliphatic carbocycles. The van der Waals surface area contributed by atoms with Crippen molar-refractivity contribution >= 4 is 17.2 Å². The molecule has 6 nitrogen and oxygen atoms in total. The molecule has 0 bridgehead atoms. The molecule has 0 atom stereocenters. The highest BCUT2D eigenvalue weighted by atomic mass is 19.4. The summed E-state index contributed by atoms with van der Waals surface area (Å²) < 4.78 is 38.4. The van der Waals surface area contributed by atoms with Crippen LogP contribution in [0.15, 0.2) is 42.6 Å². The highest BCUT2D eigenvalue weighted by Crippen LogP contribution is 2.36. The van der Waals surface area contributed by atoms with Gasteiger partial charge in [0.15, 0.2) is 0 Å². The summed E-state index contributed by atoms with van der Waals surface area (Å²) >= 11 is 0. The highest BCUT2D eigenvalue weighted by Gasteiger charge is 2.34. The fourth-order valence-electron chi connectivity index (χ4n) is 2.88. The third kappa shape index (κ3) is 3.65. The SMILES string of the molecule is O=[N+]([O-])c1cc(C(F)(F)F)ccc1N1CCN(c2cccc[nH+]2)CC1. The molecule has 25 heavy (non-hydrogen) atoms. The number of alkyl halides is 3. The van der Waals surface area contributed by atoms with Gasteiger partial charge in [-0.1, -0.05) is 6.07 Å². The Bertz CT molecular complexity index is 760. The maximum Gasteiger partial charge on any atom is 0.416 e. The molecule has 1 aromatic carbocycles. The minimum atomic E-state index is -4.61. The molecule has 1 aliphatic rings. The molecule has 1 aliphatic heterocycles. The zero-order valence-electron chi connectivity index (χ0n) is 13.2. The summed E-state index contributed by atoms with van der Waals surface area (Å²) in [6.07, 6.45) is -2.80. The van der Waals surface area contributed by atoms with Crippen molar-refractivity contribution in [1.29, 1.82) is 0 Å². The van der Waals surface area contributed by atoms with Gasteiger partial charge in [0.25, 0.3) is 11.5 Å². The first kappa shape index (κ1) is 17.0. The minimum Gasteiger partial charge on any atom is -0.358 e. The number of rotatable bonds is 3. The van der Waals surface area contributed by atoms with E-state index in [0.717, 1.165) is 11.9 Å². The number of aromatic nitrogens is 1. The van der Waals surface area contributed by atoms with Gasteiger partial charge in [-0.15, -0.1) is 0 Å². The van der Waals surface area contributed by atoms with Crippen LogP contribution >= 0.6 is 0 Å². The minimum absolute atomic E-state index is 0.217. The molecule has 0 saturated carbocycles. The van der Waals surface area contributed by atoms with Crippen LogP contribution in [0.25, 0.3) is 0 Å². The summed E-state index contributed by atoms with van der Waals surface area (Å²) in [4.78, 5) is 17.4. The molecular formula is C16H16F3N4O2+. The Morgan fingerprint density at radius 2 is 1.72 bits per heavy atom. The number of anilines is 2. The average molecular weight is 353 g/mol. The predicted octanol–water partition coefficient (Wildman–Crippen LogP) is 2.75. The summed E-state index contributed by atoms with van der Waals surface area (Å²) in [5.74, 6) is 0.934. The van der Waals surface area contributed by atoms with Crippen LogP contribution in [0.1, 0.15) is 5.56 Å². The number of H-pyrrole nitrogens is 1. The Morgan fingerprint density at radius 3 is 2.28 bits per heavy atom. The summed E-state index contributed by atoms with van der Waals surface area (Å²) in [5, 5.41) is 11.2. The number of aromatic amines is 1. The van der Waals surface area contributed by atoms with E-state index in [1.165, 1.54) is 6.07 Å². The number of nitrogens with one attached hydrogen (secondary N) is 1. The Balaban J connectivity index is 1.80. The van der Waals surface area contributed by atoms with Gasteiger partial charge in [-0.3, -0.25) is 15.0 Å². The van der Waals surface area contributed by atoms with Gasteiger partial charge in [0, 0.05) is 12.1 Å². The lowest BCUT2D eigenvalue weighted by molar-refractivity contribution is -0.384. The van der Waals surface area contributed by atoms with E-state index >= 15 is 0 Å². The van der Waals surface area contributed by atoms with E-state index in [2.05, 4.69) is 9.88 Å². The smallest absolute Gasteiger partial charge is 0.358 e. The Kier molecular flexibility index (Phi) is 4.47. The predicted molar refractivity (Wildman–Crippen MR) is 85.5 cm³/mol. The van der Waals surface area contributed by atoms with Gasteiger partial charge in [-0.2, -0.15) is 13.2 Å². The summed E-state index contributed by atoms with van der Waals surface area (Å²) in [5.41, 5.74) is -1.32. The van der Waals surface area contributed by atoms with Gasteiger partial charge in [0.2, 0.25) is 0 Å². The van der Waals surface area contributed by atoms with Gasteiger partial charge in [-0.05, 0) is 18.2 Å². The molecule has 1 fully saturated rings. The van der Waals surface area contributed by atoms with Crippen LogP contribution in [0.3, 0.4) is 0 Å². The molecule has 132 valence electrons. The van der Waals surface area contributed by atoms with Crippen molar-refractivity contribution in [1.82, 2.24) is 0 Å². The number of pyridine rings is 1. The van der Waals surface area contributed by atoms with Gasteiger partial charge < -0.3 is 4.90 Å². The van der Waals surface area contributed by atoms with E-state index in [4.69, 9.17) is 0 Å². The number of benzene rings is 1. The monoisotopic (exact) mass is 353 g/mol. The molecule has 1 N–H and O–H groups in total. The summed E-state index contributed by atoms with van der Waals surface area (Å²) in [6, 6.07) is 8.37. The quantitative estimate of drug-likeness (QED) is 0.629. The third-order valence-electron chi connectivity index (χ3n) is 4.15. The van der Waals surface area contributed by atoms with Crippen molar-refractivity contribution < 1.29 is 23.1 Å². The highest BCUT2D eigenvalue weighted by molar-refractivity contribution is 5.65. The molecule has 0 radical (unpaired) electrons. The Hall–Kier alpha value is -2.84. The van der Waals surface area contributed by atoms with Crippen molar-refractivity contribution in [3.05, 3.63) is 58.3 Å². The second kappa shape index (κ2) is 6.58. The van der Waals surface area contributed by atoms with E-state index in [9.17, 15) is 23.3 Å². The number of nitrogens with zero attached hydrogens (tertiary/aromatic N) is 3. The number of hydrogen-bond acceptors (Lipinski definition) is 4. The number of nitro benzene ring substituents is 1. The van der Waals surface area contributed by atoms with E-state index in [-0.39, 0.29) is 5.69 Å². The molecule has 3 rings (SSSR count). The summed E-state index contributed by atoms with van der Waals surface area (Å²) in [7, 11) is 0. The zero-order chi connectivity index (χ0) is 18.0. The van der Waals surface area contributed by atoms with E-state index < -0.39 is 22.4 Å². The Labute approximate surface area is 141 Å². The van der Waals surface area contributed by atoms with Gasteiger partial charge in [0.1, 0.15) is 18.8 Å². The molecule has 0 amide bonds. The van der Waals surface area contributed by atoms with Gasteiger partial charge in [0.05, 0.1) is 29.8 Å². The first-order chi connectivity index (χ1) is 11.9. The van der Waals surface area contributed by atoms with Crippen LogP contribution in [0.2, 0.25) is 0 Å². The average Bonchev–Trinajstić information content (AvgIpc) is 2.61. The van der Waals surface area contributed by atoms with Crippen LogP contribution in [0.4, 0.5) is 30.4 Å². The maximum atomic E-state index is 12.8. The molecule has 1 aromatic heterocycles. The van der Waals surface area contributed by atoms with Crippen LogP contribution < -0.4 is 14.8 Å². The standard InChI is InChI=1S/C16H15F3N4O2/c17-16(18,19)12-4-5-13(14(11-12)23(24)25)21-7-9-22(10-8-21)15-3-1-2-6-20-15/h1-6,11H,7-10H2/p+1. The molecule has 0 unspecified atom stereocenters. The Morgan fingerprint density at radius 1 is 1.04 bits per heavy atom. The fraction of sp³-hybridized carbons (Fsp3) is 0.312. The van der Waals surface area contributed by atoms with Crippen LogP contribution in [0, 0.1) is 10.1 Å². The normalized spacial score (nSPS) is 15.3. The third-order valence-corrected chi connectivity index (χ3v) is 4.15.